The maximum absolute atomic E-state index is 12.1. The molecule has 2 aromatic carbocycles. The van der Waals surface area contributed by atoms with E-state index in [1.807, 2.05) is 0 Å². The molecule has 2 N–H and O–H groups in total. The van der Waals surface area contributed by atoms with Crippen molar-refractivity contribution in [1.82, 2.24) is 0 Å². The number of halogens is 2. The van der Waals surface area contributed by atoms with Crippen LogP contribution in [0.1, 0.15) is 10.4 Å². The van der Waals surface area contributed by atoms with E-state index in [1.54, 1.807) is 24.3 Å². The van der Waals surface area contributed by atoms with E-state index in [1.165, 1.54) is 19.2 Å². The number of hydrogen-bond acceptors (Lipinski definition) is 3. The Bertz CT molecular complexity index is 661. The monoisotopic (exact) mass is 355 g/mol. The zero-order valence-corrected chi connectivity index (χ0v) is 12.8. The van der Waals surface area contributed by atoms with E-state index >= 15 is 0 Å². The average Bonchev–Trinajstić information content (AvgIpc) is 2.43. The summed E-state index contributed by atoms with van der Waals surface area (Å²) < 4.78 is 5.70. The topological polar surface area (TPSA) is 58.6 Å². The number of rotatable bonds is 3. The number of nitrogens with one attached hydrogen (secondary N) is 1. The van der Waals surface area contributed by atoms with Crippen LogP contribution in [0.2, 0.25) is 5.02 Å². The van der Waals surface area contributed by atoms with Crippen LogP contribution in [-0.2, 0) is 0 Å². The molecule has 0 atom stereocenters. The normalized spacial score (nSPS) is 10.2. The van der Waals surface area contributed by atoms with E-state index in [4.69, 9.17) is 16.3 Å². The molecule has 1 amide bonds. The molecule has 0 saturated carbocycles. The summed E-state index contributed by atoms with van der Waals surface area (Å²) in [4.78, 5) is 12.1. The number of phenols is 1. The summed E-state index contributed by atoms with van der Waals surface area (Å²) in [6.07, 6.45) is 0. The van der Waals surface area contributed by atoms with Crippen LogP contribution in [0.4, 0.5) is 5.69 Å². The highest BCUT2D eigenvalue weighted by molar-refractivity contribution is 9.10. The van der Waals surface area contributed by atoms with Crippen LogP contribution < -0.4 is 10.1 Å². The van der Waals surface area contributed by atoms with E-state index in [0.29, 0.717) is 20.9 Å². The molecular weight excluding hydrogens is 346 g/mol. The fraction of sp³-hybridized carbons (Fsp3) is 0.0714. The first kappa shape index (κ1) is 14.7. The third-order valence-electron chi connectivity index (χ3n) is 2.63. The maximum Gasteiger partial charge on any atom is 0.259 e. The molecule has 104 valence electrons. The first-order valence-electron chi connectivity index (χ1n) is 5.64. The Morgan fingerprint density at radius 2 is 2.05 bits per heavy atom. The fourth-order valence-electron chi connectivity index (χ4n) is 1.60. The van der Waals surface area contributed by atoms with Crippen molar-refractivity contribution >= 4 is 39.1 Å². The Hall–Kier alpha value is -1.72. The maximum atomic E-state index is 12.1. The molecule has 0 fully saturated rings. The van der Waals surface area contributed by atoms with Crippen LogP contribution in [0.15, 0.2) is 40.9 Å². The van der Waals surface area contributed by atoms with E-state index in [2.05, 4.69) is 21.2 Å². The van der Waals surface area contributed by atoms with Crippen LogP contribution in [0, 0.1) is 0 Å². The second kappa shape index (κ2) is 6.15. The number of anilines is 1. The predicted octanol–water partition coefficient (Wildman–Crippen LogP) is 4.07. The summed E-state index contributed by atoms with van der Waals surface area (Å²) in [5, 5.41) is 13.0. The Morgan fingerprint density at radius 1 is 1.30 bits per heavy atom. The Balaban J connectivity index is 2.25. The van der Waals surface area contributed by atoms with Gasteiger partial charge in [0.2, 0.25) is 0 Å². The van der Waals surface area contributed by atoms with Gasteiger partial charge < -0.3 is 15.2 Å². The number of hydrogen-bond donors (Lipinski definition) is 2. The molecule has 20 heavy (non-hydrogen) atoms. The van der Waals surface area contributed by atoms with Crippen LogP contribution in [0.5, 0.6) is 11.5 Å². The molecule has 0 saturated heterocycles. The first-order chi connectivity index (χ1) is 9.51. The third kappa shape index (κ3) is 3.23. The molecule has 4 nitrogen and oxygen atoms in total. The van der Waals surface area contributed by atoms with Crippen molar-refractivity contribution in [2.24, 2.45) is 0 Å². The number of carbonyl (C=O) groups excluding carboxylic acids is 1. The second-order valence-electron chi connectivity index (χ2n) is 3.97. The number of benzene rings is 2. The Labute approximate surface area is 129 Å². The van der Waals surface area contributed by atoms with Crippen molar-refractivity contribution < 1.29 is 14.6 Å². The number of phenolic OH excluding ortho intramolecular Hbond substituents is 1. The number of amides is 1. The van der Waals surface area contributed by atoms with Crippen molar-refractivity contribution in [2.75, 3.05) is 12.4 Å². The van der Waals surface area contributed by atoms with Gasteiger partial charge in [-0.15, -0.1) is 0 Å². The van der Waals surface area contributed by atoms with Crippen LogP contribution >= 0.6 is 27.5 Å². The highest BCUT2D eigenvalue weighted by Gasteiger charge is 2.13. The number of aromatic hydroxyl groups is 1. The van der Waals surface area contributed by atoms with E-state index in [0.717, 1.165) is 0 Å². The van der Waals surface area contributed by atoms with Gasteiger partial charge in [-0.25, -0.2) is 0 Å². The molecular formula is C14H11BrClNO3. The van der Waals surface area contributed by atoms with Gasteiger partial charge in [-0.2, -0.15) is 0 Å². The molecule has 0 aromatic heterocycles. The average molecular weight is 357 g/mol. The lowest BCUT2D eigenvalue weighted by molar-refractivity contribution is 0.102. The van der Waals surface area contributed by atoms with Crippen molar-refractivity contribution in [1.29, 1.82) is 0 Å². The van der Waals surface area contributed by atoms with Crippen molar-refractivity contribution in [3.05, 3.63) is 51.5 Å². The largest absolute Gasteiger partial charge is 0.507 e. The van der Waals surface area contributed by atoms with Crippen molar-refractivity contribution in [3.8, 4) is 11.5 Å². The minimum Gasteiger partial charge on any atom is -0.507 e. The minimum absolute atomic E-state index is 0.115. The van der Waals surface area contributed by atoms with Crippen molar-refractivity contribution in [3.63, 3.8) is 0 Å². The van der Waals surface area contributed by atoms with Gasteiger partial charge in [0.25, 0.3) is 5.91 Å². The molecule has 0 unspecified atom stereocenters. The summed E-state index contributed by atoms with van der Waals surface area (Å²) in [5.41, 5.74) is 0.698. The number of carbonyl (C=O) groups is 1. The lowest BCUT2D eigenvalue weighted by atomic mass is 10.1. The molecule has 0 radical (unpaired) electrons. The summed E-state index contributed by atoms with van der Waals surface area (Å²) in [6, 6.07) is 9.46. The summed E-state index contributed by atoms with van der Waals surface area (Å²) in [5.74, 6) is -0.0582. The molecule has 0 aliphatic rings. The standard InChI is InChI=1S/C14H11BrClNO3/c1-20-9-3-5-13(18)10(7-9)14(19)17-8-2-4-12(16)11(15)6-8/h2-7,18H,1H3,(H,17,19). The van der Waals surface area contributed by atoms with E-state index in [-0.39, 0.29) is 11.3 Å². The van der Waals surface area contributed by atoms with Gasteiger partial charge in [0.05, 0.1) is 17.7 Å². The van der Waals surface area contributed by atoms with Gasteiger partial charge >= 0.3 is 0 Å². The molecule has 0 aliphatic heterocycles. The molecule has 2 rings (SSSR count). The Kier molecular flexibility index (Phi) is 4.52. The third-order valence-corrected chi connectivity index (χ3v) is 3.84. The molecule has 2 aromatic rings. The zero-order chi connectivity index (χ0) is 14.7. The molecule has 6 heteroatoms. The van der Waals surface area contributed by atoms with E-state index in [9.17, 15) is 9.90 Å². The summed E-state index contributed by atoms with van der Waals surface area (Å²) in [7, 11) is 1.49. The predicted molar refractivity (Wildman–Crippen MR) is 81.8 cm³/mol. The highest BCUT2D eigenvalue weighted by atomic mass is 79.9. The lowest BCUT2D eigenvalue weighted by Crippen LogP contribution is -2.12. The summed E-state index contributed by atoms with van der Waals surface area (Å²) >= 11 is 9.16. The fourth-order valence-corrected chi connectivity index (χ4v) is 2.09. The van der Waals surface area contributed by atoms with Gasteiger partial charge in [0.1, 0.15) is 11.5 Å². The summed E-state index contributed by atoms with van der Waals surface area (Å²) in [6.45, 7) is 0. The van der Waals surface area contributed by atoms with E-state index < -0.39 is 5.91 Å². The number of methoxy groups -OCH3 is 1. The van der Waals surface area contributed by atoms with Gasteiger partial charge in [-0.05, 0) is 52.3 Å². The zero-order valence-electron chi connectivity index (χ0n) is 10.5. The van der Waals surface area contributed by atoms with Gasteiger partial charge in [0.15, 0.2) is 0 Å². The Morgan fingerprint density at radius 3 is 2.70 bits per heavy atom. The minimum atomic E-state index is -0.435. The van der Waals surface area contributed by atoms with Crippen LogP contribution in [0.25, 0.3) is 0 Å². The molecule has 0 spiro atoms. The quantitative estimate of drug-likeness (QED) is 0.871. The van der Waals surface area contributed by atoms with Gasteiger partial charge in [0, 0.05) is 10.2 Å². The molecule has 0 heterocycles. The smallest absolute Gasteiger partial charge is 0.259 e. The number of ether oxygens (including phenoxy) is 1. The SMILES string of the molecule is COc1ccc(O)c(C(=O)Nc2ccc(Cl)c(Br)c2)c1. The first-order valence-corrected chi connectivity index (χ1v) is 6.82. The lowest BCUT2D eigenvalue weighted by Gasteiger charge is -2.09. The second-order valence-corrected chi connectivity index (χ2v) is 5.23. The highest BCUT2D eigenvalue weighted by Crippen LogP contribution is 2.27. The van der Waals surface area contributed by atoms with Gasteiger partial charge in [-0.3, -0.25) is 4.79 Å². The van der Waals surface area contributed by atoms with Gasteiger partial charge in [-0.1, -0.05) is 11.6 Å². The molecule has 0 aliphatic carbocycles. The van der Waals surface area contributed by atoms with Crippen molar-refractivity contribution in [2.45, 2.75) is 0 Å². The molecule has 0 bridgehead atoms. The van der Waals surface area contributed by atoms with Crippen LogP contribution in [-0.4, -0.2) is 18.1 Å². The van der Waals surface area contributed by atoms with Crippen LogP contribution in [0.3, 0.4) is 0 Å².